The summed E-state index contributed by atoms with van der Waals surface area (Å²) in [7, 11) is 0. The molecule has 2 aliphatic rings. The minimum Gasteiger partial charge on any atom is -0.455 e. The first-order valence-corrected chi connectivity index (χ1v) is 32.3. The normalized spacial score (nSPS) is 19.4. The molecule has 2 rings (SSSR count). The maximum absolute atomic E-state index is 10.9. The van der Waals surface area contributed by atoms with Crippen molar-refractivity contribution in [2.45, 2.75) is 381 Å². The first kappa shape index (κ1) is 80.9. The Balaban J connectivity index is -0.000000929. The Kier molecular flexibility index (Phi) is 54.2. The van der Waals surface area contributed by atoms with Gasteiger partial charge in [-0.2, -0.15) is 0 Å². The van der Waals surface area contributed by atoms with Gasteiger partial charge < -0.3 is 20.3 Å². The third-order valence-electron chi connectivity index (χ3n) is 15.2. The number of ether oxygens (including phenoxy) is 3. The Labute approximate surface area is 487 Å². The smallest absolute Gasteiger partial charge is 0.348 e. The monoisotopic (exact) mass is 1150 g/mol. The van der Waals surface area contributed by atoms with E-state index in [9.17, 15) is 50.4 Å². The van der Waals surface area contributed by atoms with Crippen LogP contribution in [0, 0.1) is 40.5 Å². The van der Waals surface area contributed by atoms with E-state index in [0.29, 0.717) is 18.9 Å². The SMILES string of the molecule is CCCCCCCCC/C=C(/C)[N+](=O)[O-].CCCCCCCCCC(O)C(C)[N+](=O)[O-].CCCCCCCCCC(OC(C)=O)C(C)[N+](=O)[O-].CCCCCCCCCC1OC1(C)N.CCCCCCCCCC1OC1(C)[N+](=O)[O-]. The largest absolute Gasteiger partial charge is 0.455 e. The number of rotatable bonds is 47. The van der Waals surface area contributed by atoms with Crippen molar-refractivity contribution in [3.8, 4) is 0 Å². The number of nitrogens with two attached hydrogens (primary N) is 1. The zero-order valence-corrected chi connectivity index (χ0v) is 53.0. The molecule has 18 nitrogen and oxygen atoms in total. The van der Waals surface area contributed by atoms with Crippen molar-refractivity contribution in [3.05, 3.63) is 52.2 Å². The van der Waals surface area contributed by atoms with E-state index in [2.05, 4.69) is 34.6 Å². The van der Waals surface area contributed by atoms with Crippen LogP contribution in [0.25, 0.3) is 0 Å². The fourth-order valence-electron chi connectivity index (χ4n) is 9.16. The van der Waals surface area contributed by atoms with E-state index < -0.39 is 40.9 Å². The number of aliphatic hydroxyl groups is 1. The molecule has 2 saturated heterocycles. The summed E-state index contributed by atoms with van der Waals surface area (Å²) in [5, 5.41) is 51.5. The third-order valence-corrected chi connectivity index (χ3v) is 15.2. The number of nitrogens with zero attached hydrogens (tertiary/aromatic N) is 4. The molecular formula is C62H123N5O13. The van der Waals surface area contributed by atoms with Gasteiger partial charge in [0.25, 0.3) is 0 Å². The average molecular weight is 1150 g/mol. The van der Waals surface area contributed by atoms with E-state index in [1.165, 1.54) is 201 Å². The summed E-state index contributed by atoms with van der Waals surface area (Å²) < 4.78 is 15.5. The second-order valence-electron chi connectivity index (χ2n) is 23.1. The Hall–Kier alpha value is -3.35. The van der Waals surface area contributed by atoms with Gasteiger partial charge in [0.1, 0.15) is 17.9 Å². The quantitative estimate of drug-likeness (QED) is 0.0189. The molecule has 3 N–H and O–H groups in total. The molecule has 0 spiro atoms. The molecule has 0 amide bonds. The minimum absolute atomic E-state index is 0.141. The third kappa shape index (κ3) is 49.3. The van der Waals surface area contributed by atoms with Crippen molar-refractivity contribution < 1.29 is 43.8 Å². The molecule has 8 unspecified atom stereocenters. The van der Waals surface area contributed by atoms with Crippen molar-refractivity contribution in [1.82, 2.24) is 0 Å². The molecule has 80 heavy (non-hydrogen) atoms. The average Bonchev–Trinajstić information content (AvgIpc) is 4.29. The Bertz CT molecular complexity index is 1540. The Morgan fingerprint density at radius 1 is 0.525 bits per heavy atom. The van der Waals surface area contributed by atoms with Crippen LogP contribution >= 0.6 is 0 Å². The van der Waals surface area contributed by atoms with Crippen LogP contribution in [0.15, 0.2) is 11.8 Å². The highest BCUT2D eigenvalue weighted by Gasteiger charge is 2.64. The topological polar surface area (TPSA) is 270 Å². The molecule has 2 aliphatic heterocycles. The standard InChI is InChI=1S/C14H27NO4.C12H23NO3.C12H25NO3.C12H23NO2.C12H25NO/c1-4-5-6-7-8-9-10-11-14(19-13(3)16)12(2)15(17)18;1-3-4-5-6-7-8-9-10-11-12(2,16-11)13(14)15;1-3-4-5-6-7-8-9-10-12(14)11(2)13(15)16;1-3-4-5-6-7-8-9-10-11-12(2)13(14)15;1-3-4-5-6-7-8-9-10-11-12(2,13)14-11/h12,14H,4-11H2,1-3H3;11H,3-10H2,1-2H3;11-12,14H,3-10H2,1-2H3;11H,3-10H2,1-2H3;11H,3-10,13H2,1-2H3/b;;;12-11-;. The highest BCUT2D eigenvalue weighted by atomic mass is 16.7. The van der Waals surface area contributed by atoms with Gasteiger partial charge >= 0.3 is 11.7 Å². The van der Waals surface area contributed by atoms with Gasteiger partial charge in [0.05, 0.1) is 9.85 Å². The van der Waals surface area contributed by atoms with Gasteiger partial charge in [-0.1, -0.05) is 247 Å². The number of carbonyl (C=O) groups excluding carboxylic acids is 1. The summed E-state index contributed by atoms with van der Waals surface area (Å²) >= 11 is 0. The van der Waals surface area contributed by atoms with Gasteiger partial charge in [0, 0.05) is 44.5 Å². The summed E-state index contributed by atoms with van der Waals surface area (Å²) in [6.45, 7) is 20.4. The predicted octanol–water partition coefficient (Wildman–Crippen LogP) is 17.9. The summed E-state index contributed by atoms with van der Waals surface area (Å²) in [6, 6.07) is -1.66. The first-order chi connectivity index (χ1) is 38.0. The van der Waals surface area contributed by atoms with Crippen LogP contribution in [0.4, 0.5) is 0 Å². The van der Waals surface area contributed by atoms with Gasteiger partial charge in [-0.05, 0) is 57.9 Å². The van der Waals surface area contributed by atoms with Gasteiger partial charge in [-0.15, -0.1) is 0 Å². The molecule has 0 aromatic rings. The van der Waals surface area contributed by atoms with E-state index in [-0.39, 0.29) is 32.3 Å². The molecule has 18 heteroatoms. The van der Waals surface area contributed by atoms with Crippen LogP contribution in [-0.2, 0) is 19.0 Å². The maximum atomic E-state index is 10.9. The van der Waals surface area contributed by atoms with E-state index in [1.807, 2.05) is 6.92 Å². The fraction of sp³-hybridized carbons (Fsp3) is 0.952. The number of hydrogen-bond acceptors (Lipinski definition) is 14. The summed E-state index contributed by atoms with van der Waals surface area (Å²) in [4.78, 5) is 51.5. The van der Waals surface area contributed by atoms with Crippen molar-refractivity contribution in [3.63, 3.8) is 0 Å². The minimum atomic E-state index is -1.07. The lowest BCUT2D eigenvalue weighted by atomic mass is 10.0. The van der Waals surface area contributed by atoms with Crippen LogP contribution in [0.3, 0.4) is 0 Å². The number of aliphatic hydroxyl groups excluding tert-OH is 1. The van der Waals surface area contributed by atoms with Crippen LogP contribution in [0.1, 0.15) is 333 Å². The molecule has 2 heterocycles. The molecule has 2 fully saturated rings. The van der Waals surface area contributed by atoms with Crippen LogP contribution in [0.2, 0.25) is 0 Å². The van der Waals surface area contributed by atoms with Gasteiger partial charge in [0.2, 0.25) is 17.8 Å². The van der Waals surface area contributed by atoms with Gasteiger partial charge in [-0.25, -0.2) is 0 Å². The highest BCUT2D eigenvalue weighted by Crippen LogP contribution is 2.40. The molecule has 8 atom stereocenters. The number of allylic oxidation sites excluding steroid dienone is 2. The highest BCUT2D eigenvalue weighted by molar-refractivity contribution is 5.66. The number of hydrogen-bond donors (Lipinski definition) is 2. The van der Waals surface area contributed by atoms with Crippen molar-refractivity contribution in [2.75, 3.05) is 0 Å². The number of nitro groups is 4. The molecule has 0 aliphatic carbocycles. The van der Waals surface area contributed by atoms with E-state index in [0.717, 1.165) is 64.2 Å². The van der Waals surface area contributed by atoms with E-state index in [4.69, 9.17) is 19.9 Å². The number of carbonyl (C=O) groups is 1. The van der Waals surface area contributed by atoms with E-state index in [1.54, 1.807) is 19.9 Å². The number of esters is 1. The van der Waals surface area contributed by atoms with Gasteiger partial charge in [0.15, 0.2) is 12.2 Å². The summed E-state index contributed by atoms with van der Waals surface area (Å²) in [5.41, 5.74) is 4.69. The fourth-order valence-corrected chi connectivity index (χ4v) is 9.16. The van der Waals surface area contributed by atoms with Crippen molar-refractivity contribution in [2.24, 2.45) is 5.73 Å². The second kappa shape index (κ2) is 53.6. The molecule has 0 aromatic carbocycles. The number of epoxide rings is 2. The van der Waals surface area contributed by atoms with Crippen molar-refractivity contribution >= 4 is 5.97 Å². The molecular weight excluding hydrogens is 1020 g/mol. The first-order valence-electron chi connectivity index (χ1n) is 32.3. The summed E-state index contributed by atoms with van der Waals surface area (Å²) in [6.07, 6.45) is 47.9. The van der Waals surface area contributed by atoms with Crippen molar-refractivity contribution in [1.29, 1.82) is 0 Å². The van der Waals surface area contributed by atoms with Gasteiger partial charge in [-0.3, -0.25) is 50.0 Å². The zero-order valence-electron chi connectivity index (χ0n) is 53.0. The molecule has 0 bridgehead atoms. The lowest BCUT2D eigenvalue weighted by molar-refractivity contribution is -0.558. The Morgan fingerprint density at radius 2 is 0.850 bits per heavy atom. The van der Waals surface area contributed by atoms with Crippen LogP contribution in [0.5, 0.6) is 0 Å². The molecule has 474 valence electrons. The summed E-state index contributed by atoms with van der Waals surface area (Å²) in [5.74, 6) is -0.443. The maximum Gasteiger partial charge on any atom is 0.348 e. The van der Waals surface area contributed by atoms with Crippen LogP contribution in [-0.4, -0.2) is 78.7 Å². The predicted molar refractivity (Wildman–Crippen MR) is 326 cm³/mol. The zero-order chi connectivity index (χ0) is 61.0. The molecule has 0 saturated carbocycles. The Morgan fingerprint density at radius 3 is 1.16 bits per heavy atom. The molecule has 0 aromatic heterocycles. The van der Waals surface area contributed by atoms with Crippen LogP contribution < -0.4 is 5.73 Å². The molecule has 0 radical (unpaired) electrons. The number of unbranched alkanes of at least 4 members (excludes halogenated alkanes) is 31. The second-order valence-corrected chi connectivity index (χ2v) is 23.1. The van der Waals surface area contributed by atoms with E-state index >= 15 is 0 Å². The lowest BCUT2D eigenvalue weighted by Gasteiger charge is -2.17. The lowest BCUT2D eigenvalue weighted by Crippen LogP contribution is -2.34.